The molecule has 112 valence electrons. The van der Waals surface area contributed by atoms with E-state index in [0.29, 0.717) is 0 Å². The number of benzene rings is 4. The summed E-state index contributed by atoms with van der Waals surface area (Å²) in [6.07, 6.45) is 0. The lowest BCUT2D eigenvalue weighted by Crippen LogP contribution is -1.85. The zero-order valence-corrected chi connectivity index (χ0v) is 14.4. The lowest BCUT2D eigenvalue weighted by atomic mass is 9.96. The van der Waals surface area contributed by atoms with Gasteiger partial charge in [0.05, 0.1) is 9.40 Å². The summed E-state index contributed by atoms with van der Waals surface area (Å²) < 4.78 is 4.21. The summed E-state index contributed by atoms with van der Waals surface area (Å²) in [5.41, 5.74) is 0. The van der Waals surface area contributed by atoms with Crippen molar-refractivity contribution in [1.82, 2.24) is 0 Å². The van der Waals surface area contributed by atoms with E-state index in [4.69, 9.17) is 0 Å². The van der Waals surface area contributed by atoms with E-state index in [2.05, 4.69) is 72.1 Å². The number of hydrogen-bond donors (Lipinski definition) is 0. The second-order valence-electron chi connectivity index (χ2n) is 6.18. The zero-order valence-electron chi connectivity index (χ0n) is 12.7. The van der Waals surface area contributed by atoms with E-state index in [1.54, 1.807) is 0 Å². The summed E-state index contributed by atoms with van der Waals surface area (Å²) in [6, 6.07) is 24.5. The molecule has 24 heavy (non-hydrogen) atoms. The van der Waals surface area contributed by atoms with Crippen molar-refractivity contribution in [2.75, 3.05) is 0 Å². The molecule has 0 fully saturated rings. The maximum atomic E-state index is 2.28. The third-order valence-corrected chi connectivity index (χ3v) is 7.17. The summed E-state index contributed by atoms with van der Waals surface area (Å²) in [5, 5.41) is 11.9. The highest BCUT2D eigenvalue weighted by molar-refractivity contribution is 7.30. The van der Waals surface area contributed by atoms with E-state index in [1.807, 2.05) is 22.7 Å². The van der Waals surface area contributed by atoms with Gasteiger partial charge in [-0.2, -0.15) is 0 Å². The average Bonchev–Trinajstić information content (AvgIpc) is 2.65. The van der Waals surface area contributed by atoms with Crippen LogP contribution in [0.15, 0.2) is 72.1 Å². The van der Waals surface area contributed by atoms with E-state index in [1.165, 1.54) is 51.8 Å². The smallest absolute Gasteiger partial charge is 0.0540 e. The number of fused-ring (bicyclic) bond motifs is 4. The van der Waals surface area contributed by atoms with Crippen molar-refractivity contribution < 1.29 is 0 Å². The molecule has 0 radical (unpaired) electrons. The maximum Gasteiger partial charge on any atom is 0.0540 e. The van der Waals surface area contributed by atoms with Crippen molar-refractivity contribution in [2.45, 2.75) is 0 Å². The number of hydrogen-bond acceptors (Lipinski definition) is 2. The largest absolute Gasteiger partial charge is 0.142 e. The van der Waals surface area contributed by atoms with Gasteiger partial charge in [-0.05, 0) is 44.4 Å². The third kappa shape index (κ3) is 1.52. The fourth-order valence-electron chi connectivity index (χ4n) is 3.93. The van der Waals surface area contributed by atoms with Crippen molar-refractivity contribution in [3.63, 3.8) is 0 Å². The normalized spacial score (nSPS) is 12.2. The Labute approximate surface area is 146 Å². The summed E-state index contributed by atoms with van der Waals surface area (Å²) in [5.74, 6) is 0. The minimum Gasteiger partial charge on any atom is -0.142 e. The highest BCUT2D eigenvalue weighted by Crippen LogP contribution is 2.45. The second kappa shape index (κ2) is 4.56. The molecule has 2 heteroatoms. The van der Waals surface area contributed by atoms with E-state index in [-0.39, 0.29) is 0 Å². The zero-order chi connectivity index (χ0) is 15.7. The van der Waals surface area contributed by atoms with Crippen LogP contribution in [0, 0.1) is 0 Å². The van der Waals surface area contributed by atoms with Crippen LogP contribution in [0.25, 0.3) is 51.8 Å². The minimum absolute atomic E-state index is 1.34. The summed E-state index contributed by atoms with van der Waals surface area (Å²) in [7, 11) is 0. The molecule has 0 spiro atoms. The van der Waals surface area contributed by atoms with Crippen molar-refractivity contribution in [2.24, 2.45) is 0 Å². The molecule has 0 nitrogen and oxygen atoms in total. The minimum atomic E-state index is 1.34. The van der Waals surface area contributed by atoms with Gasteiger partial charge in [0.2, 0.25) is 0 Å². The second-order valence-corrected chi connectivity index (χ2v) is 8.14. The highest BCUT2D eigenvalue weighted by atomic mass is 32.1. The Morgan fingerprint density at radius 3 is 2.17 bits per heavy atom. The molecule has 0 saturated heterocycles. The Kier molecular flexibility index (Phi) is 2.46. The van der Waals surface area contributed by atoms with Crippen molar-refractivity contribution in [1.29, 1.82) is 0 Å². The van der Waals surface area contributed by atoms with Gasteiger partial charge in [-0.15, -0.1) is 22.7 Å². The Bertz CT molecular complexity index is 1390. The molecule has 0 amide bonds. The molecular weight excluding hydrogens is 328 g/mol. The van der Waals surface area contributed by atoms with Crippen LogP contribution in [0.1, 0.15) is 0 Å². The Hall–Kier alpha value is -2.42. The van der Waals surface area contributed by atoms with Crippen LogP contribution in [0.3, 0.4) is 0 Å². The first-order valence-corrected chi connectivity index (χ1v) is 9.73. The SMILES string of the molecule is c1ccc2c(c1)sc1c3sccc4cccc(c5cccc2c51)c43. The molecule has 0 aliphatic heterocycles. The van der Waals surface area contributed by atoms with E-state index in [0.717, 1.165) is 0 Å². The monoisotopic (exact) mass is 340 g/mol. The van der Waals surface area contributed by atoms with Crippen molar-refractivity contribution >= 4 is 74.5 Å². The van der Waals surface area contributed by atoms with Crippen LogP contribution in [0.4, 0.5) is 0 Å². The van der Waals surface area contributed by atoms with Crippen LogP contribution in [-0.4, -0.2) is 0 Å². The van der Waals surface area contributed by atoms with Crippen molar-refractivity contribution in [3.8, 4) is 0 Å². The van der Waals surface area contributed by atoms with Gasteiger partial charge in [-0.1, -0.05) is 54.6 Å². The van der Waals surface area contributed by atoms with E-state index in [9.17, 15) is 0 Å². The van der Waals surface area contributed by atoms with Gasteiger partial charge in [0.15, 0.2) is 0 Å². The van der Waals surface area contributed by atoms with Gasteiger partial charge < -0.3 is 0 Å². The van der Waals surface area contributed by atoms with Crippen LogP contribution in [0.5, 0.6) is 0 Å². The maximum absolute atomic E-state index is 2.28. The van der Waals surface area contributed by atoms with E-state index >= 15 is 0 Å². The molecule has 0 unspecified atom stereocenters. The predicted octanol–water partition coefficient (Wildman–Crippen LogP) is 7.58. The average molecular weight is 340 g/mol. The van der Waals surface area contributed by atoms with Gasteiger partial charge in [0, 0.05) is 15.5 Å². The van der Waals surface area contributed by atoms with Crippen molar-refractivity contribution in [3.05, 3.63) is 72.1 Å². The molecule has 0 aliphatic carbocycles. The lowest BCUT2D eigenvalue weighted by molar-refractivity contribution is 1.83. The summed E-state index contributed by atoms with van der Waals surface area (Å²) in [4.78, 5) is 0. The first-order valence-electron chi connectivity index (χ1n) is 8.04. The molecular formula is C22H12S2. The van der Waals surface area contributed by atoms with Crippen LogP contribution in [-0.2, 0) is 0 Å². The van der Waals surface area contributed by atoms with Crippen LogP contribution < -0.4 is 0 Å². The lowest BCUT2D eigenvalue weighted by Gasteiger charge is -2.14. The summed E-state index contributed by atoms with van der Waals surface area (Å²) >= 11 is 3.79. The first-order chi connectivity index (χ1) is 11.9. The molecule has 0 atom stereocenters. The highest BCUT2D eigenvalue weighted by Gasteiger charge is 2.15. The third-order valence-electron chi connectivity index (χ3n) is 4.93. The molecule has 6 aromatic rings. The Balaban J connectivity index is 2.10. The van der Waals surface area contributed by atoms with E-state index < -0.39 is 0 Å². The van der Waals surface area contributed by atoms with Crippen LogP contribution >= 0.6 is 22.7 Å². The molecule has 0 N–H and O–H groups in total. The van der Waals surface area contributed by atoms with Crippen LogP contribution in [0.2, 0.25) is 0 Å². The molecule has 6 rings (SSSR count). The van der Waals surface area contributed by atoms with Gasteiger partial charge in [0.25, 0.3) is 0 Å². The molecule has 0 bridgehead atoms. The van der Waals surface area contributed by atoms with Gasteiger partial charge in [0.1, 0.15) is 0 Å². The fraction of sp³-hybridized carbons (Fsp3) is 0. The molecule has 0 saturated carbocycles. The Morgan fingerprint density at radius 1 is 0.542 bits per heavy atom. The molecule has 2 aromatic heterocycles. The standard InChI is InChI=1S/C22H12S2/c1-2-10-18-14(6-1)15-8-4-9-17-16-7-3-5-13-11-12-23-21(19(13)16)22(24-18)20(15)17/h1-12H. The summed E-state index contributed by atoms with van der Waals surface area (Å²) in [6.45, 7) is 0. The van der Waals surface area contributed by atoms with Gasteiger partial charge >= 0.3 is 0 Å². The van der Waals surface area contributed by atoms with Gasteiger partial charge in [-0.3, -0.25) is 0 Å². The topological polar surface area (TPSA) is 0 Å². The molecule has 2 heterocycles. The molecule has 0 aliphatic rings. The van der Waals surface area contributed by atoms with Gasteiger partial charge in [-0.25, -0.2) is 0 Å². The first kappa shape index (κ1) is 12.9. The fourth-order valence-corrected chi connectivity index (χ4v) is 6.28. The Morgan fingerprint density at radius 2 is 1.25 bits per heavy atom. The predicted molar refractivity (Wildman–Crippen MR) is 110 cm³/mol. The number of rotatable bonds is 0. The quantitative estimate of drug-likeness (QED) is 0.197. The molecule has 4 aromatic carbocycles.